The first-order valence-corrected chi connectivity index (χ1v) is 6.62. The van der Waals surface area contributed by atoms with E-state index in [0.717, 1.165) is 0 Å². The van der Waals surface area contributed by atoms with E-state index >= 15 is 0 Å². The molecular formula is C14H19N3O3. The highest BCUT2D eigenvalue weighted by Crippen LogP contribution is 2.23. The van der Waals surface area contributed by atoms with Crippen LogP contribution in [0.25, 0.3) is 0 Å². The quantitative estimate of drug-likeness (QED) is 0.544. The van der Waals surface area contributed by atoms with Crippen LogP contribution in [0.4, 0.5) is 5.69 Å². The largest absolute Gasteiger partial charge is 0.508 e. The summed E-state index contributed by atoms with van der Waals surface area (Å²) in [5.41, 5.74) is 6.43. The van der Waals surface area contributed by atoms with E-state index in [4.69, 9.17) is 5.73 Å². The number of carbonyl (C=O) groups is 2. The van der Waals surface area contributed by atoms with Gasteiger partial charge in [-0.1, -0.05) is 0 Å². The topological polar surface area (TPSA) is 95.7 Å². The smallest absolute Gasteiger partial charge is 0.256 e. The number of hydrogen-bond acceptors (Lipinski definition) is 4. The molecule has 4 N–H and O–H groups in total. The molecule has 2 amide bonds. The van der Waals surface area contributed by atoms with Gasteiger partial charge in [0.2, 0.25) is 5.91 Å². The lowest BCUT2D eigenvalue weighted by Crippen LogP contribution is -2.42. The van der Waals surface area contributed by atoms with Crippen LogP contribution in [0.3, 0.4) is 0 Å². The molecule has 1 fully saturated rings. The number of nitrogens with zero attached hydrogens (tertiary/aromatic N) is 1. The third kappa shape index (κ3) is 2.84. The second-order valence-corrected chi connectivity index (χ2v) is 4.95. The second-order valence-electron chi connectivity index (χ2n) is 4.95. The minimum Gasteiger partial charge on any atom is -0.508 e. The molecule has 0 spiro atoms. The van der Waals surface area contributed by atoms with E-state index in [-0.39, 0.29) is 23.5 Å². The zero-order chi connectivity index (χ0) is 14.7. The number of nitrogens with two attached hydrogens (primary N) is 1. The van der Waals surface area contributed by atoms with Crippen LogP contribution >= 0.6 is 0 Å². The average Bonchev–Trinajstić information content (AvgIpc) is 2.48. The van der Waals surface area contributed by atoms with Crippen LogP contribution in [0.2, 0.25) is 0 Å². The molecule has 0 aromatic heterocycles. The fourth-order valence-corrected chi connectivity index (χ4v) is 2.45. The van der Waals surface area contributed by atoms with Gasteiger partial charge < -0.3 is 21.1 Å². The number of rotatable bonds is 2. The van der Waals surface area contributed by atoms with Gasteiger partial charge in [0, 0.05) is 31.7 Å². The van der Waals surface area contributed by atoms with Crippen molar-refractivity contribution < 1.29 is 14.7 Å². The predicted octanol–water partition coefficient (Wildman–Crippen LogP) is 0.573. The molecule has 1 saturated heterocycles. The summed E-state index contributed by atoms with van der Waals surface area (Å²) in [5.74, 6) is -0.198. The van der Waals surface area contributed by atoms with E-state index in [0.29, 0.717) is 37.2 Å². The van der Waals surface area contributed by atoms with Crippen LogP contribution in [-0.2, 0) is 4.79 Å². The maximum Gasteiger partial charge on any atom is 0.256 e. The maximum absolute atomic E-state index is 12.4. The number of carbonyl (C=O) groups excluding carboxylic acids is 2. The highest BCUT2D eigenvalue weighted by atomic mass is 16.3. The molecule has 20 heavy (non-hydrogen) atoms. The SMILES string of the molecule is CNC(=O)C1CCN(C(=O)c2cc(O)ccc2N)CC1. The van der Waals surface area contributed by atoms with Crippen molar-refractivity contribution in [3.8, 4) is 5.75 Å². The Labute approximate surface area is 117 Å². The zero-order valence-electron chi connectivity index (χ0n) is 11.4. The number of phenols is 1. The Hall–Kier alpha value is -2.24. The molecule has 6 heteroatoms. The first-order valence-electron chi connectivity index (χ1n) is 6.62. The van der Waals surface area contributed by atoms with Gasteiger partial charge in [0.15, 0.2) is 0 Å². The fraction of sp³-hybridized carbons (Fsp3) is 0.429. The van der Waals surface area contributed by atoms with Crippen molar-refractivity contribution in [3.05, 3.63) is 23.8 Å². The highest BCUT2D eigenvalue weighted by molar-refractivity contribution is 5.99. The summed E-state index contributed by atoms with van der Waals surface area (Å²) in [6, 6.07) is 4.34. The van der Waals surface area contributed by atoms with Crippen LogP contribution in [0.5, 0.6) is 5.75 Å². The molecule has 1 aromatic carbocycles. The van der Waals surface area contributed by atoms with Gasteiger partial charge >= 0.3 is 0 Å². The Morgan fingerprint density at radius 2 is 2.00 bits per heavy atom. The standard InChI is InChI=1S/C14H19N3O3/c1-16-13(19)9-4-6-17(7-5-9)14(20)11-8-10(18)2-3-12(11)15/h2-3,8-9,18H,4-7,15H2,1H3,(H,16,19). The molecule has 0 bridgehead atoms. The summed E-state index contributed by atoms with van der Waals surface area (Å²) in [6.45, 7) is 1.04. The minimum atomic E-state index is -0.200. The lowest BCUT2D eigenvalue weighted by molar-refractivity contribution is -0.125. The number of likely N-dealkylation sites (tertiary alicyclic amines) is 1. The van der Waals surface area contributed by atoms with Gasteiger partial charge in [-0.05, 0) is 31.0 Å². The Balaban J connectivity index is 2.05. The van der Waals surface area contributed by atoms with E-state index in [9.17, 15) is 14.7 Å². The first-order chi connectivity index (χ1) is 9.52. The van der Waals surface area contributed by atoms with Crippen molar-refractivity contribution in [2.75, 3.05) is 25.9 Å². The van der Waals surface area contributed by atoms with Crippen LogP contribution in [0, 0.1) is 5.92 Å². The molecule has 108 valence electrons. The van der Waals surface area contributed by atoms with Crippen LogP contribution in [-0.4, -0.2) is 42.0 Å². The Bertz CT molecular complexity index is 522. The Kier molecular flexibility index (Phi) is 4.12. The van der Waals surface area contributed by atoms with Crippen molar-refractivity contribution in [3.63, 3.8) is 0 Å². The summed E-state index contributed by atoms with van der Waals surface area (Å²) < 4.78 is 0. The summed E-state index contributed by atoms with van der Waals surface area (Å²) in [6.07, 6.45) is 1.29. The molecule has 0 unspecified atom stereocenters. The van der Waals surface area contributed by atoms with Gasteiger partial charge in [-0.25, -0.2) is 0 Å². The molecule has 1 aromatic rings. The molecule has 1 heterocycles. The molecule has 6 nitrogen and oxygen atoms in total. The highest BCUT2D eigenvalue weighted by Gasteiger charge is 2.28. The Morgan fingerprint density at radius 1 is 1.35 bits per heavy atom. The average molecular weight is 277 g/mol. The number of piperidine rings is 1. The van der Waals surface area contributed by atoms with Crippen molar-refractivity contribution >= 4 is 17.5 Å². The zero-order valence-corrected chi connectivity index (χ0v) is 11.4. The van der Waals surface area contributed by atoms with E-state index in [1.807, 2.05) is 0 Å². The first kappa shape index (κ1) is 14.2. The van der Waals surface area contributed by atoms with Crippen LogP contribution in [0.1, 0.15) is 23.2 Å². The van der Waals surface area contributed by atoms with E-state index in [1.54, 1.807) is 11.9 Å². The lowest BCUT2D eigenvalue weighted by Gasteiger charge is -2.31. The summed E-state index contributed by atoms with van der Waals surface area (Å²) in [5, 5.41) is 12.1. The monoisotopic (exact) mass is 277 g/mol. The van der Waals surface area contributed by atoms with Gasteiger partial charge in [0.05, 0.1) is 5.56 Å². The number of anilines is 1. The molecule has 0 radical (unpaired) electrons. The van der Waals surface area contributed by atoms with Gasteiger partial charge in [-0.15, -0.1) is 0 Å². The number of nitrogens with one attached hydrogen (secondary N) is 1. The van der Waals surface area contributed by atoms with Gasteiger partial charge in [0.1, 0.15) is 5.75 Å². The number of amides is 2. The van der Waals surface area contributed by atoms with E-state index in [2.05, 4.69) is 5.32 Å². The number of aromatic hydroxyl groups is 1. The summed E-state index contributed by atoms with van der Waals surface area (Å²) in [4.78, 5) is 25.6. The number of hydrogen-bond donors (Lipinski definition) is 3. The molecule has 0 saturated carbocycles. The fourth-order valence-electron chi connectivity index (χ4n) is 2.45. The number of phenolic OH excluding ortho intramolecular Hbond substituents is 1. The van der Waals surface area contributed by atoms with Crippen molar-refractivity contribution in [1.82, 2.24) is 10.2 Å². The van der Waals surface area contributed by atoms with Crippen LogP contribution in [0.15, 0.2) is 18.2 Å². The third-order valence-electron chi connectivity index (χ3n) is 3.67. The molecule has 0 aliphatic carbocycles. The minimum absolute atomic E-state index is 0.0165. The van der Waals surface area contributed by atoms with Gasteiger partial charge in [-0.3, -0.25) is 9.59 Å². The van der Waals surface area contributed by atoms with Crippen molar-refractivity contribution in [2.24, 2.45) is 5.92 Å². The summed E-state index contributed by atoms with van der Waals surface area (Å²) in [7, 11) is 1.62. The Morgan fingerprint density at radius 3 is 2.60 bits per heavy atom. The molecule has 1 aliphatic rings. The molecule has 2 rings (SSSR count). The molecular weight excluding hydrogens is 258 g/mol. The van der Waals surface area contributed by atoms with Gasteiger partial charge in [-0.2, -0.15) is 0 Å². The number of nitrogen functional groups attached to an aromatic ring is 1. The summed E-state index contributed by atoms with van der Waals surface area (Å²) >= 11 is 0. The van der Waals surface area contributed by atoms with Crippen LogP contribution < -0.4 is 11.1 Å². The van der Waals surface area contributed by atoms with E-state index in [1.165, 1.54) is 18.2 Å². The van der Waals surface area contributed by atoms with Gasteiger partial charge in [0.25, 0.3) is 5.91 Å². The third-order valence-corrected chi connectivity index (χ3v) is 3.67. The predicted molar refractivity (Wildman–Crippen MR) is 75.2 cm³/mol. The maximum atomic E-state index is 12.4. The second kappa shape index (κ2) is 5.81. The van der Waals surface area contributed by atoms with Crippen molar-refractivity contribution in [2.45, 2.75) is 12.8 Å². The normalized spacial score (nSPS) is 15.9. The van der Waals surface area contributed by atoms with E-state index < -0.39 is 0 Å². The lowest BCUT2D eigenvalue weighted by atomic mass is 9.95. The van der Waals surface area contributed by atoms with Crippen molar-refractivity contribution in [1.29, 1.82) is 0 Å². The molecule has 1 aliphatic heterocycles. The molecule has 0 atom stereocenters. The number of benzene rings is 1.